The number of rotatable bonds is 11. The van der Waals surface area contributed by atoms with Gasteiger partial charge in [0.15, 0.2) is 12.3 Å². The molecule has 1 aliphatic heterocycles. The zero-order chi connectivity index (χ0) is 30.7. The van der Waals surface area contributed by atoms with Crippen LogP contribution in [0.25, 0.3) is 5.78 Å². The van der Waals surface area contributed by atoms with Gasteiger partial charge in [0.1, 0.15) is 17.1 Å². The highest BCUT2D eigenvalue weighted by Crippen LogP contribution is 2.43. The molecule has 12 heteroatoms. The van der Waals surface area contributed by atoms with Gasteiger partial charge < -0.3 is 18.9 Å². The second kappa shape index (κ2) is 12.7. The maximum atomic E-state index is 12.3. The minimum atomic E-state index is -2.93. The first-order valence-electron chi connectivity index (χ1n) is 13.9. The molecule has 0 amide bonds. The molecule has 226 valence electrons. The first kappa shape index (κ1) is 29.7. The molecule has 1 fully saturated rings. The van der Waals surface area contributed by atoms with Gasteiger partial charge in [-0.25, -0.2) is 4.98 Å². The average molecular weight is 617 g/mol. The van der Waals surface area contributed by atoms with E-state index < -0.39 is 32.3 Å². The lowest BCUT2D eigenvalue weighted by molar-refractivity contribution is -0.0836. The fraction of sp³-hybridized carbons (Fsp3) is 0.250. The summed E-state index contributed by atoms with van der Waals surface area (Å²) in [5.74, 6) is 1.73. The van der Waals surface area contributed by atoms with E-state index >= 15 is 0 Å². The second-order valence-corrected chi connectivity index (χ2v) is 10.9. The van der Waals surface area contributed by atoms with Gasteiger partial charge in [0.05, 0.1) is 26.9 Å². The standard InChI is InChI=1S/C32H30N3O8P/c1-39-25-12-8-23(9-13-25)32(22-6-4-3-5-7-22,24-10-14-26(40-2)15-11-24)41-21-27-20-28(43-44(37)38)30(42-27)35-18-16-29(36)34-19-17-33-31(34)35/h3-19,27-28,30H,20-21H2,1-2H3/p+1/t27-,28+,30+/m0/s1. The Hall–Kier alpha value is -4.38. The van der Waals surface area contributed by atoms with Crippen molar-refractivity contribution in [1.82, 2.24) is 14.0 Å². The van der Waals surface area contributed by atoms with E-state index in [0.29, 0.717) is 17.3 Å². The summed E-state index contributed by atoms with van der Waals surface area (Å²) >= 11 is 0. The molecule has 44 heavy (non-hydrogen) atoms. The van der Waals surface area contributed by atoms with Crippen LogP contribution < -0.4 is 15.0 Å². The van der Waals surface area contributed by atoms with Gasteiger partial charge in [-0.2, -0.15) is 0 Å². The molecule has 0 aliphatic carbocycles. The highest BCUT2D eigenvalue weighted by atomic mass is 31.1. The van der Waals surface area contributed by atoms with Gasteiger partial charge >= 0.3 is 8.25 Å². The van der Waals surface area contributed by atoms with Crippen LogP contribution in [0, 0.1) is 0 Å². The number of imidazole rings is 1. The summed E-state index contributed by atoms with van der Waals surface area (Å²) in [5.41, 5.74) is 1.26. The maximum Gasteiger partial charge on any atom is 0.695 e. The zero-order valence-corrected chi connectivity index (χ0v) is 24.9. The molecule has 0 bridgehead atoms. The van der Waals surface area contributed by atoms with Crippen molar-refractivity contribution in [3.05, 3.63) is 131 Å². The van der Waals surface area contributed by atoms with Crippen LogP contribution >= 0.6 is 8.25 Å². The fourth-order valence-electron chi connectivity index (χ4n) is 5.72. The number of fused-ring (bicyclic) bond motifs is 1. The Kier molecular flexibility index (Phi) is 8.56. The fourth-order valence-corrected chi connectivity index (χ4v) is 6.14. The Morgan fingerprint density at radius 3 is 2.11 bits per heavy atom. The number of ether oxygens (including phenoxy) is 4. The summed E-state index contributed by atoms with van der Waals surface area (Å²) in [6.07, 6.45) is 2.65. The van der Waals surface area contributed by atoms with Gasteiger partial charge in [-0.3, -0.25) is 13.8 Å². The third-order valence-electron chi connectivity index (χ3n) is 7.77. The second-order valence-electron chi connectivity index (χ2n) is 10.2. The average Bonchev–Trinajstić information content (AvgIpc) is 3.71. The number of nitrogens with zero attached hydrogens (tertiary/aromatic N) is 3. The lowest BCUT2D eigenvalue weighted by atomic mass is 9.80. The molecule has 11 nitrogen and oxygen atoms in total. The van der Waals surface area contributed by atoms with Gasteiger partial charge in [-0.1, -0.05) is 54.6 Å². The number of hydrogen-bond donors (Lipinski definition) is 1. The van der Waals surface area contributed by atoms with E-state index in [0.717, 1.165) is 16.7 Å². The van der Waals surface area contributed by atoms with Gasteiger partial charge in [0, 0.05) is 35.6 Å². The van der Waals surface area contributed by atoms with Crippen LogP contribution in [0.15, 0.2) is 108 Å². The van der Waals surface area contributed by atoms with Crippen molar-refractivity contribution >= 4 is 14.0 Å². The van der Waals surface area contributed by atoms with E-state index in [2.05, 4.69) is 4.98 Å². The third-order valence-corrected chi connectivity index (χ3v) is 8.22. The summed E-state index contributed by atoms with van der Waals surface area (Å²) < 4.78 is 44.5. The molecule has 1 N–H and O–H groups in total. The molecule has 0 spiro atoms. The molecule has 3 heterocycles. The van der Waals surface area contributed by atoms with Gasteiger partial charge in [-0.15, -0.1) is 9.42 Å². The van der Waals surface area contributed by atoms with Crippen LogP contribution in [0.3, 0.4) is 0 Å². The van der Waals surface area contributed by atoms with Crippen molar-refractivity contribution in [1.29, 1.82) is 0 Å². The van der Waals surface area contributed by atoms with Crippen LogP contribution in [-0.4, -0.2) is 51.9 Å². The lowest BCUT2D eigenvalue weighted by Crippen LogP contribution is -2.35. The summed E-state index contributed by atoms with van der Waals surface area (Å²) in [4.78, 5) is 26.3. The topological polar surface area (TPSA) is 123 Å². The molecule has 0 saturated carbocycles. The Morgan fingerprint density at radius 1 is 0.909 bits per heavy atom. The Morgan fingerprint density at radius 2 is 1.52 bits per heavy atom. The van der Waals surface area contributed by atoms with Gasteiger partial charge in [0.25, 0.3) is 5.56 Å². The molecule has 1 aliphatic rings. The highest BCUT2D eigenvalue weighted by molar-refractivity contribution is 7.32. The molecular formula is C32H31N3O8P+. The van der Waals surface area contributed by atoms with Crippen LogP contribution in [0.2, 0.25) is 0 Å². The predicted octanol–water partition coefficient (Wildman–Crippen LogP) is 4.84. The Bertz CT molecular complexity index is 1740. The number of hydrogen-bond acceptors (Lipinski definition) is 8. The molecule has 2 aromatic heterocycles. The van der Waals surface area contributed by atoms with E-state index in [-0.39, 0.29) is 18.6 Å². The minimum absolute atomic E-state index is 0.0937. The first-order chi connectivity index (χ1) is 21.4. The smallest absolute Gasteiger partial charge is 0.497 e. The van der Waals surface area contributed by atoms with Crippen LogP contribution in [0.4, 0.5) is 0 Å². The highest BCUT2D eigenvalue weighted by Gasteiger charge is 2.45. The molecule has 1 saturated heterocycles. The summed E-state index contributed by atoms with van der Waals surface area (Å²) in [5, 5.41) is 0. The van der Waals surface area contributed by atoms with Crippen LogP contribution in [0.1, 0.15) is 29.3 Å². The first-order valence-corrected chi connectivity index (χ1v) is 15.1. The number of benzene rings is 3. The SMILES string of the molecule is COc1ccc(C(OC[C@@H]2C[C@@H](O[P+](=O)O)[C@H](n3ccc(=O)n4ccnc34)O2)(c2ccccc2)c2ccc(OC)cc2)cc1. The lowest BCUT2D eigenvalue weighted by Gasteiger charge is -2.37. The van der Waals surface area contributed by atoms with E-state index in [1.807, 2.05) is 78.9 Å². The monoisotopic (exact) mass is 616 g/mol. The van der Waals surface area contributed by atoms with E-state index in [1.54, 1.807) is 31.2 Å². The van der Waals surface area contributed by atoms with Crippen LogP contribution in [-0.2, 0) is 24.2 Å². The van der Waals surface area contributed by atoms with Crippen molar-refractivity contribution in [2.75, 3.05) is 20.8 Å². The number of aromatic nitrogens is 3. The predicted molar refractivity (Wildman–Crippen MR) is 161 cm³/mol. The van der Waals surface area contributed by atoms with Crippen molar-refractivity contribution in [2.24, 2.45) is 0 Å². The Labute approximate surface area is 254 Å². The normalized spacial score (nSPS) is 18.8. The maximum absolute atomic E-state index is 12.3. The van der Waals surface area contributed by atoms with Crippen molar-refractivity contribution in [2.45, 2.75) is 30.5 Å². The third kappa shape index (κ3) is 5.63. The number of methoxy groups -OCH3 is 2. The molecule has 6 rings (SSSR count). The zero-order valence-electron chi connectivity index (χ0n) is 24.1. The van der Waals surface area contributed by atoms with E-state index in [1.165, 1.54) is 16.7 Å². The minimum Gasteiger partial charge on any atom is -0.497 e. The summed E-state index contributed by atoms with van der Waals surface area (Å²) in [6, 6.07) is 26.6. The molecule has 4 atom stereocenters. The summed E-state index contributed by atoms with van der Waals surface area (Å²) in [6.45, 7) is 0.0937. The largest absolute Gasteiger partial charge is 0.695 e. The molecule has 0 radical (unpaired) electrons. The van der Waals surface area contributed by atoms with E-state index in [4.69, 9.17) is 23.5 Å². The molecule has 3 aromatic carbocycles. The molecule has 5 aromatic rings. The van der Waals surface area contributed by atoms with Crippen molar-refractivity contribution in [3.63, 3.8) is 0 Å². The Balaban J connectivity index is 1.39. The van der Waals surface area contributed by atoms with Crippen LogP contribution in [0.5, 0.6) is 11.5 Å². The quantitative estimate of drug-likeness (QED) is 0.164. The molecular weight excluding hydrogens is 585 g/mol. The summed E-state index contributed by atoms with van der Waals surface area (Å²) in [7, 11) is 0.301. The molecule has 1 unspecified atom stereocenters. The van der Waals surface area contributed by atoms with Crippen molar-refractivity contribution < 1.29 is 32.9 Å². The van der Waals surface area contributed by atoms with Gasteiger partial charge in [-0.05, 0) is 41.0 Å². The van der Waals surface area contributed by atoms with Crippen molar-refractivity contribution in [3.8, 4) is 11.5 Å². The van der Waals surface area contributed by atoms with Gasteiger partial charge in [0.2, 0.25) is 5.78 Å². The van der Waals surface area contributed by atoms with E-state index in [9.17, 15) is 14.3 Å².